The van der Waals surface area contributed by atoms with Crippen LogP contribution in [0.4, 0.5) is 0 Å². The average molecular weight is 272 g/mol. The number of aliphatic hydroxyl groups is 1. The fraction of sp³-hybridized carbons (Fsp3) is 0.571. The highest BCUT2D eigenvalue weighted by Crippen LogP contribution is 2.24. The van der Waals surface area contributed by atoms with Gasteiger partial charge in [0.25, 0.3) is 0 Å². The molecule has 0 spiro atoms. The van der Waals surface area contributed by atoms with E-state index in [0.29, 0.717) is 16.7 Å². The zero-order chi connectivity index (χ0) is 13.4. The number of benzene rings is 1. The van der Waals surface area contributed by atoms with E-state index in [4.69, 9.17) is 21.4 Å². The molecule has 0 heterocycles. The van der Waals surface area contributed by atoms with Gasteiger partial charge in [0.2, 0.25) is 0 Å². The molecule has 1 unspecified atom stereocenters. The third-order valence-electron chi connectivity index (χ3n) is 3.09. The Hall–Kier alpha value is -0.770. The van der Waals surface area contributed by atoms with Gasteiger partial charge in [-0.2, -0.15) is 0 Å². The fourth-order valence-corrected chi connectivity index (χ4v) is 2.15. The van der Waals surface area contributed by atoms with Crippen molar-refractivity contribution in [2.24, 2.45) is 5.92 Å². The van der Waals surface area contributed by atoms with E-state index in [2.05, 4.69) is 12.2 Å². The highest BCUT2D eigenvalue weighted by atomic mass is 35.5. The number of hydrogen-bond acceptors (Lipinski definition) is 3. The van der Waals surface area contributed by atoms with Crippen molar-refractivity contribution in [2.75, 3.05) is 20.3 Å². The Morgan fingerprint density at radius 2 is 2.22 bits per heavy atom. The molecule has 0 saturated carbocycles. The lowest BCUT2D eigenvalue weighted by molar-refractivity contribution is 0.251. The monoisotopic (exact) mass is 271 g/mol. The predicted molar refractivity (Wildman–Crippen MR) is 75.2 cm³/mol. The van der Waals surface area contributed by atoms with Gasteiger partial charge in [0.15, 0.2) is 0 Å². The van der Waals surface area contributed by atoms with Gasteiger partial charge in [-0.1, -0.05) is 31.0 Å². The van der Waals surface area contributed by atoms with Crippen molar-refractivity contribution in [1.29, 1.82) is 0 Å². The molecule has 4 heteroatoms. The largest absolute Gasteiger partial charge is 0.495 e. The molecular weight excluding hydrogens is 250 g/mol. The number of ether oxygens (including phenoxy) is 1. The minimum absolute atomic E-state index is 0.258. The lowest BCUT2D eigenvalue weighted by Crippen LogP contribution is -2.22. The summed E-state index contributed by atoms with van der Waals surface area (Å²) in [5, 5.41) is 12.9. The van der Waals surface area contributed by atoms with Crippen molar-refractivity contribution in [3.05, 3.63) is 28.8 Å². The number of nitrogens with one attached hydrogen (secondary N) is 1. The summed E-state index contributed by atoms with van der Waals surface area (Å²) in [6, 6.07) is 5.80. The SMILES string of the molecule is CCC(CCO)CNCc1ccc(OC)c(Cl)c1. The molecule has 18 heavy (non-hydrogen) atoms. The number of rotatable bonds is 8. The van der Waals surface area contributed by atoms with Gasteiger partial charge in [0.05, 0.1) is 12.1 Å². The molecule has 0 saturated heterocycles. The smallest absolute Gasteiger partial charge is 0.137 e. The van der Waals surface area contributed by atoms with Crippen LogP contribution in [0.15, 0.2) is 18.2 Å². The van der Waals surface area contributed by atoms with Crippen molar-refractivity contribution in [3.63, 3.8) is 0 Å². The quantitative estimate of drug-likeness (QED) is 0.764. The molecule has 1 aromatic carbocycles. The van der Waals surface area contributed by atoms with Crippen molar-refractivity contribution < 1.29 is 9.84 Å². The normalized spacial score (nSPS) is 12.4. The van der Waals surface area contributed by atoms with E-state index >= 15 is 0 Å². The molecule has 1 rings (SSSR count). The molecule has 0 aliphatic rings. The van der Waals surface area contributed by atoms with Crippen LogP contribution in [0, 0.1) is 5.92 Å². The lowest BCUT2D eigenvalue weighted by atomic mass is 10.0. The highest BCUT2D eigenvalue weighted by Gasteiger charge is 2.06. The van der Waals surface area contributed by atoms with Crippen LogP contribution in [-0.4, -0.2) is 25.4 Å². The zero-order valence-electron chi connectivity index (χ0n) is 11.1. The Morgan fingerprint density at radius 1 is 1.44 bits per heavy atom. The van der Waals surface area contributed by atoms with Gasteiger partial charge in [0.1, 0.15) is 5.75 Å². The number of halogens is 1. The predicted octanol–water partition coefficient (Wildman–Crippen LogP) is 2.85. The average Bonchev–Trinajstić information content (AvgIpc) is 2.38. The molecule has 2 N–H and O–H groups in total. The number of aliphatic hydroxyl groups excluding tert-OH is 1. The van der Waals surface area contributed by atoms with Crippen molar-refractivity contribution in [2.45, 2.75) is 26.3 Å². The van der Waals surface area contributed by atoms with Crippen molar-refractivity contribution in [1.82, 2.24) is 5.32 Å². The van der Waals surface area contributed by atoms with E-state index < -0.39 is 0 Å². The van der Waals surface area contributed by atoms with E-state index in [9.17, 15) is 0 Å². The number of hydrogen-bond donors (Lipinski definition) is 2. The summed E-state index contributed by atoms with van der Waals surface area (Å²) >= 11 is 6.06. The van der Waals surface area contributed by atoms with Crippen LogP contribution in [0.5, 0.6) is 5.75 Å². The molecule has 0 fully saturated rings. The molecule has 0 bridgehead atoms. The first-order valence-corrected chi connectivity index (χ1v) is 6.73. The van der Waals surface area contributed by atoms with Crippen LogP contribution in [0.1, 0.15) is 25.3 Å². The maximum absolute atomic E-state index is 8.92. The highest BCUT2D eigenvalue weighted by molar-refractivity contribution is 6.32. The van der Waals surface area contributed by atoms with E-state index in [1.165, 1.54) is 0 Å². The summed E-state index contributed by atoms with van der Waals surface area (Å²) < 4.78 is 5.11. The maximum atomic E-state index is 8.92. The van der Waals surface area contributed by atoms with Gasteiger partial charge >= 0.3 is 0 Å². The topological polar surface area (TPSA) is 41.5 Å². The molecular formula is C14H22ClNO2. The third kappa shape index (κ3) is 4.84. The first kappa shape index (κ1) is 15.3. The fourth-order valence-electron chi connectivity index (χ4n) is 1.87. The molecule has 0 aliphatic carbocycles. The van der Waals surface area contributed by atoms with Crippen LogP contribution in [0.3, 0.4) is 0 Å². The van der Waals surface area contributed by atoms with Crippen LogP contribution >= 0.6 is 11.6 Å². The Morgan fingerprint density at radius 3 is 2.78 bits per heavy atom. The van der Waals surface area contributed by atoms with Gasteiger partial charge in [-0.15, -0.1) is 0 Å². The minimum Gasteiger partial charge on any atom is -0.495 e. The standard InChI is InChI=1S/C14H22ClNO2/c1-3-11(6-7-17)9-16-10-12-4-5-14(18-2)13(15)8-12/h4-5,8,11,16-17H,3,6-7,9-10H2,1-2H3. The van der Waals surface area contributed by atoms with E-state index in [0.717, 1.165) is 31.5 Å². The second-order valence-corrected chi connectivity index (χ2v) is 4.79. The molecule has 102 valence electrons. The van der Waals surface area contributed by atoms with Crippen LogP contribution in [0.25, 0.3) is 0 Å². The Balaban J connectivity index is 2.41. The van der Waals surface area contributed by atoms with Gasteiger partial charge < -0.3 is 15.2 Å². The van der Waals surface area contributed by atoms with E-state index in [1.807, 2.05) is 18.2 Å². The van der Waals surface area contributed by atoms with Crippen molar-refractivity contribution >= 4 is 11.6 Å². The summed E-state index contributed by atoms with van der Waals surface area (Å²) in [6.07, 6.45) is 1.93. The molecule has 1 atom stereocenters. The molecule has 0 aromatic heterocycles. The Bertz CT molecular complexity index is 358. The first-order valence-electron chi connectivity index (χ1n) is 6.35. The third-order valence-corrected chi connectivity index (χ3v) is 3.39. The molecule has 0 amide bonds. The summed E-state index contributed by atoms with van der Waals surface area (Å²) in [5.41, 5.74) is 1.14. The summed E-state index contributed by atoms with van der Waals surface area (Å²) in [5.74, 6) is 1.23. The summed E-state index contributed by atoms with van der Waals surface area (Å²) in [4.78, 5) is 0. The summed E-state index contributed by atoms with van der Waals surface area (Å²) in [7, 11) is 1.61. The van der Waals surface area contributed by atoms with Gasteiger partial charge in [-0.3, -0.25) is 0 Å². The van der Waals surface area contributed by atoms with Crippen molar-refractivity contribution in [3.8, 4) is 5.75 Å². The second kappa shape index (κ2) is 8.35. The summed E-state index contributed by atoms with van der Waals surface area (Å²) in [6.45, 7) is 4.10. The molecule has 0 aliphatic heterocycles. The Kier molecular flexibility index (Phi) is 7.09. The zero-order valence-corrected chi connectivity index (χ0v) is 11.8. The first-order chi connectivity index (χ1) is 8.71. The van der Waals surface area contributed by atoms with Crippen LogP contribution in [-0.2, 0) is 6.54 Å². The second-order valence-electron chi connectivity index (χ2n) is 4.39. The van der Waals surface area contributed by atoms with Crippen LogP contribution < -0.4 is 10.1 Å². The minimum atomic E-state index is 0.258. The van der Waals surface area contributed by atoms with E-state index in [-0.39, 0.29) is 6.61 Å². The molecule has 1 aromatic rings. The molecule has 0 radical (unpaired) electrons. The van der Waals surface area contributed by atoms with Crippen LogP contribution in [0.2, 0.25) is 5.02 Å². The Labute approximate surface area is 114 Å². The maximum Gasteiger partial charge on any atom is 0.137 e. The molecule has 3 nitrogen and oxygen atoms in total. The van der Waals surface area contributed by atoms with Gasteiger partial charge in [-0.05, 0) is 36.6 Å². The lowest BCUT2D eigenvalue weighted by Gasteiger charge is -2.14. The number of methoxy groups -OCH3 is 1. The van der Waals surface area contributed by atoms with Gasteiger partial charge in [-0.25, -0.2) is 0 Å². The van der Waals surface area contributed by atoms with Gasteiger partial charge in [0, 0.05) is 13.2 Å². The van der Waals surface area contributed by atoms with E-state index in [1.54, 1.807) is 7.11 Å².